The van der Waals surface area contributed by atoms with E-state index in [9.17, 15) is 85.9 Å². The molecular weight excluding hydrogens is 1500 g/mol. The molecule has 0 amide bonds. The van der Waals surface area contributed by atoms with Crippen molar-refractivity contribution in [3.63, 3.8) is 0 Å². The van der Waals surface area contributed by atoms with Gasteiger partial charge in [-0.1, -0.05) is 78.9 Å². The Morgan fingerprint density at radius 2 is 0.370 bits per heavy atom. The summed E-state index contributed by atoms with van der Waals surface area (Å²) in [5.41, 5.74) is 3.12. The Balaban J connectivity index is -0.000000292. The first-order valence-electron chi connectivity index (χ1n) is 31.4. The highest BCUT2D eigenvalue weighted by Crippen LogP contribution is 2.46. The maximum atomic E-state index is 11.8. The van der Waals surface area contributed by atoms with E-state index in [0.717, 1.165) is 0 Å². The van der Waals surface area contributed by atoms with Crippen LogP contribution < -0.4 is 0 Å². The van der Waals surface area contributed by atoms with Gasteiger partial charge in [-0.25, -0.2) is 71.2 Å². The van der Waals surface area contributed by atoms with Gasteiger partial charge < -0.3 is 71.5 Å². The zero-order valence-electron chi connectivity index (χ0n) is 64.0. The summed E-state index contributed by atoms with van der Waals surface area (Å²) in [6.45, 7) is 60.8. The standard InChI is InChI=1S/C14H23O8P.2C12H19O8P.C11H16O4.2C10H14O4/c1-9(2)13(15)19-7-11(5)21-23(17,18)22-12(6)8-20-14(16)10(3)4;2*1-9(2)11(13)17-5-7-19-21(15,16)20-8-6-18-12(14)10(3)4;1-7(2)10(12)14-6-9(5)15-11(13)8(3)4;2*1-7(2)9(11)13-5-6-14-10(12)8(3)4/h11-12H,1,3,7-8H2,2,4-6H3,(H,17,18);2*1,3,5-8H2,2,4H3,(H,15,16);9H,1,3,6H2,2,4-5H3;2*1,3,5-6H2,2,4H3. The van der Waals surface area contributed by atoms with Gasteiger partial charge in [0.25, 0.3) is 0 Å². The van der Waals surface area contributed by atoms with Gasteiger partial charge in [-0.3, -0.25) is 27.1 Å². The topological polar surface area (TPSA) is 483 Å². The van der Waals surface area contributed by atoms with E-state index in [1.54, 1.807) is 48.5 Å². The van der Waals surface area contributed by atoms with Gasteiger partial charge >= 0.3 is 95.1 Å². The summed E-state index contributed by atoms with van der Waals surface area (Å²) < 4.78 is 119. The van der Waals surface area contributed by atoms with Gasteiger partial charge in [0.1, 0.15) is 91.0 Å². The lowest BCUT2D eigenvalue weighted by molar-refractivity contribution is -0.152. The lowest BCUT2D eigenvalue weighted by atomic mass is 10.3. The first kappa shape index (κ1) is 110. The molecule has 0 aliphatic rings. The second kappa shape index (κ2) is 60.8. The van der Waals surface area contributed by atoms with Gasteiger partial charge in [0.2, 0.25) is 0 Å². The molecule has 108 heavy (non-hydrogen) atoms. The third kappa shape index (κ3) is 68.6. The van der Waals surface area contributed by atoms with Crippen molar-refractivity contribution in [3.8, 4) is 0 Å². The Bertz CT molecular complexity index is 3040. The molecule has 0 fully saturated rings. The van der Waals surface area contributed by atoms with Crippen LogP contribution in [0, 0.1) is 0 Å². The minimum atomic E-state index is -4.40. The van der Waals surface area contributed by atoms with Crippen LogP contribution in [0.5, 0.6) is 0 Å². The van der Waals surface area contributed by atoms with Gasteiger partial charge in [-0.05, 0) is 104 Å². The monoisotopic (exact) mass is 1600 g/mol. The molecule has 3 N–H and O–H groups in total. The van der Waals surface area contributed by atoms with Crippen LogP contribution >= 0.6 is 23.5 Å². The number of hydrogen-bond acceptors (Lipinski definition) is 33. The van der Waals surface area contributed by atoms with Crippen LogP contribution in [0.3, 0.4) is 0 Å². The van der Waals surface area contributed by atoms with Crippen LogP contribution in [-0.4, -0.2) is 204 Å². The third-order valence-corrected chi connectivity index (χ3v) is 13.1. The molecule has 3 unspecified atom stereocenters. The highest BCUT2D eigenvalue weighted by atomic mass is 31.2. The highest BCUT2D eigenvalue weighted by molar-refractivity contribution is 7.47. The summed E-state index contributed by atoms with van der Waals surface area (Å²) in [5.74, 6) is -6.71. The summed E-state index contributed by atoms with van der Waals surface area (Å²) in [7, 11) is -13.0. The number of carbonyl (C=O) groups is 12. The highest BCUT2D eigenvalue weighted by Gasteiger charge is 2.29. The van der Waals surface area contributed by atoms with Crippen molar-refractivity contribution >= 4 is 95.1 Å². The lowest BCUT2D eigenvalue weighted by Gasteiger charge is -2.20. The van der Waals surface area contributed by atoms with Crippen molar-refractivity contribution in [1.82, 2.24) is 0 Å². The Morgan fingerprint density at radius 3 is 0.528 bits per heavy atom. The molecule has 0 aliphatic carbocycles. The van der Waals surface area contributed by atoms with E-state index in [1.807, 2.05) is 0 Å². The van der Waals surface area contributed by atoms with Crippen molar-refractivity contribution in [1.29, 1.82) is 0 Å². The fourth-order valence-electron chi connectivity index (χ4n) is 4.55. The molecule has 39 heteroatoms. The number of ether oxygens (including phenoxy) is 12. The number of phosphoric acid groups is 3. The van der Waals surface area contributed by atoms with Gasteiger partial charge in [0.15, 0.2) is 0 Å². The normalized spacial score (nSPS) is 11.5. The van der Waals surface area contributed by atoms with Crippen LogP contribution in [0.2, 0.25) is 0 Å². The van der Waals surface area contributed by atoms with E-state index in [0.29, 0.717) is 33.4 Å². The summed E-state index contributed by atoms with van der Waals surface area (Å²) in [6.07, 6.45) is -2.24. The third-order valence-electron chi connectivity index (χ3n) is 9.85. The summed E-state index contributed by atoms with van der Waals surface area (Å²) in [4.78, 5) is 160. The van der Waals surface area contributed by atoms with Crippen molar-refractivity contribution in [2.75, 3.05) is 99.1 Å². The lowest BCUT2D eigenvalue weighted by Crippen LogP contribution is -2.22. The Kier molecular flexibility index (Phi) is 61.8. The quantitative estimate of drug-likeness (QED) is 0.0168. The zero-order chi connectivity index (χ0) is 85.4. The molecule has 612 valence electrons. The maximum absolute atomic E-state index is 11.8. The van der Waals surface area contributed by atoms with Gasteiger partial charge in [-0.2, -0.15) is 0 Å². The summed E-state index contributed by atoms with van der Waals surface area (Å²) in [5, 5.41) is 0. The number of rotatable bonds is 45. The van der Waals surface area contributed by atoms with Gasteiger partial charge in [0, 0.05) is 66.9 Å². The first-order chi connectivity index (χ1) is 49.5. The van der Waals surface area contributed by atoms with Gasteiger partial charge in [-0.15, -0.1) is 0 Å². The fraction of sp³-hybridized carbons (Fsp3) is 0.478. The number of phosphoric ester groups is 3. The Morgan fingerprint density at radius 1 is 0.231 bits per heavy atom. The average molecular weight is 1600 g/mol. The summed E-state index contributed by atoms with van der Waals surface area (Å²) in [6, 6.07) is 0. The molecule has 0 aromatic rings. The second-order valence-corrected chi connectivity index (χ2v) is 26.3. The van der Waals surface area contributed by atoms with Crippen molar-refractivity contribution in [2.24, 2.45) is 0 Å². The van der Waals surface area contributed by atoms with Gasteiger partial charge in [0.05, 0.1) is 26.4 Å². The number of hydrogen-bond donors (Lipinski definition) is 3. The number of carbonyl (C=O) groups excluding carboxylic acids is 12. The predicted molar refractivity (Wildman–Crippen MR) is 388 cm³/mol. The summed E-state index contributed by atoms with van der Waals surface area (Å²) >= 11 is 0. The van der Waals surface area contributed by atoms with E-state index in [2.05, 4.69) is 135 Å². The first-order valence-corrected chi connectivity index (χ1v) is 35.9. The van der Waals surface area contributed by atoms with Crippen molar-refractivity contribution < 1.29 is 170 Å². The van der Waals surface area contributed by atoms with Crippen LogP contribution in [0.25, 0.3) is 0 Å². The molecule has 0 rings (SSSR count). The fourth-order valence-corrected chi connectivity index (χ4v) is 7.00. The molecule has 0 spiro atoms. The van der Waals surface area contributed by atoms with Crippen molar-refractivity contribution in [3.05, 3.63) is 146 Å². The minimum Gasteiger partial charge on any atom is -0.460 e. The smallest absolute Gasteiger partial charge is 0.460 e. The van der Waals surface area contributed by atoms with Crippen LogP contribution in [0.4, 0.5) is 0 Å². The van der Waals surface area contributed by atoms with E-state index < -0.39 is 113 Å². The Labute approximate surface area is 629 Å². The largest absolute Gasteiger partial charge is 0.472 e. The van der Waals surface area contributed by atoms with E-state index in [1.165, 1.54) is 55.4 Å². The molecule has 0 aliphatic heterocycles. The Hall–Kier alpha value is -9.15. The molecule has 36 nitrogen and oxygen atoms in total. The second-order valence-electron chi connectivity index (χ2n) is 22.0. The van der Waals surface area contributed by atoms with E-state index in [4.69, 9.17) is 28.0 Å². The maximum Gasteiger partial charge on any atom is 0.472 e. The minimum absolute atomic E-state index is 0.0186. The molecule has 0 saturated heterocycles. The number of esters is 12. The van der Waals surface area contributed by atoms with Crippen LogP contribution in [0.15, 0.2) is 146 Å². The van der Waals surface area contributed by atoms with Crippen LogP contribution in [0.1, 0.15) is 104 Å². The molecule has 0 bridgehead atoms. The molecule has 0 aromatic heterocycles. The van der Waals surface area contributed by atoms with E-state index >= 15 is 0 Å². The molecule has 0 heterocycles. The zero-order valence-corrected chi connectivity index (χ0v) is 66.7. The van der Waals surface area contributed by atoms with Crippen molar-refractivity contribution in [2.45, 2.75) is 122 Å². The van der Waals surface area contributed by atoms with E-state index in [-0.39, 0.29) is 133 Å². The molecule has 0 saturated carbocycles. The molecule has 3 atom stereocenters. The molecule has 0 aromatic carbocycles. The molecular formula is C69H105O36P3. The predicted octanol–water partition coefficient (Wildman–Crippen LogP) is 8.92. The van der Waals surface area contributed by atoms with Crippen LogP contribution in [-0.2, 0) is 155 Å². The molecule has 0 radical (unpaired) electrons. The SMILES string of the molecule is C=C(C)C(=O)OCC(C)OC(=O)C(=C)C.C=C(C)C(=O)OCC(C)OP(=O)(O)OC(C)COC(=O)C(=C)C.C=C(C)C(=O)OCCOC(=O)C(=C)C.C=C(C)C(=O)OCCOC(=O)C(=C)C.C=C(C)C(=O)OCCOP(=O)(O)OCCOC(=O)C(=C)C.C=C(C)C(=O)OCCOP(=O)(O)OCCOC(=O)C(=C)C. The average Bonchev–Trinajstić information content (AvgIpc) is 0.883.